The number of amides is 4. The number of carbonyl (C=O) groups excluding carboxylic acids is 4. The van der Waals surface area contributed by atoms with Gasteiger partial charge in [0.1, 0.15) is 12.6 Å². The lowest BCUT2D eigenvalue weighted by atomic mass is 10.1. The number of carbonyl (C=O) groups is 4. The molecule has 4 amide bonds. The van der Waals surface area contributed by atoms with Crippen molar-refractivity contribution in [2.75, 3.05) is 16.8 Å². The molecule has 0 aliphatic carbocycles. The van der Waals surface area contributed by atoms with Gasteiger partial charge in [0.2, 0.25) is 5.91 Å². The highest BCUT2D eigenvalue weighted by Gasteiger charge is 2.44. The van der Waals surface area contributed by atoms with Crippen molar-refractivity contribution in [3.05, 3.63) is 59.7 Å². The van der Waals surface area contributed by atoms with Gasteiger partial charge >= 0.3 is 6.03 Å². The maximum absolute atomic E-state index is 12.8. The van der Waals surface area contributed by atoms with Crippen molar-refractivity contribution in [2.24, 2.45) is 0 Å². The van der Waals surface area contributed by atoms with E-state index in [2.05, 4.69) is 5.32 Å². The molecule has 2 aromatic carbocycles. The molecule has 3 rings (SSSR count). The van der Waals surface area contributed by atoms with E-state index in [0.29, 0.717) is 16.9 Å². The summed E-state index contributed by atoms with van der Waals surface area (Å²) < 4.78 is 0. The van der Waals surface area contributed by atoms with Gasteiger partial charge in [-0.1, -0.05) is 29.8 Å². The standard InChI is InChI=1S/C21H21N3O4/c1-13-8-10-16(11-9-13)24-14(2)20(27)23(21(24)28)12-19(26)22-18-7-5-4-6-17(18)15(3)25/h4-11,14H,12H2,1-3H3,(H,22,26). The van der Waals surface area contributed by atoms with Gasteiger partial charge in [0.15, 0.2) is 5.78 Å². The number of anilines is 2. The number of hydrogen-bond donors (Lipinski definition) is 1. The van der Waals surface area contributed by atoms with Crippen molar-refractivity contribution in [1.29, 1.82) is 0 Å². The maximum atomic E-state index is 12.8. The van der Waals surface area contributed by atoms with E-state index in [0.717, 1.165) is 10.5 Å². The first-order valence-corrected chi connectivity index (χ1v) is 8.90. The van der Waals surface area contributed by atoms with E-state index in [4.69, 9.17) is 0 Å². The smallest absolute Gasteiger partial charge is 0.324 e. The Morgan fingerprint density at radius 3 is 2.32 bits per heavy atom. The van der Waals surface area contributed by atoms with Gasteiger partial charge in [0.25, 0.3) is 5.91 Å². The number of Topliss-reactive ketones (excluding diaryl/α,β-unsaturated/α-hetero) is 1. The number of urea groups is 1. The zero-order valence-corrected chi connectivity index (χ0v) is 15.9. The third-order valence-electron chi connectivity index (χ3n) is 4.64. The second-order valence-electron chi connectivity index (χ2n) is 6.74. The van der Waals surface area contributed by atoms with Crippen molar-refractivity contribution in [1.82, 2.24) is 4.90 Å². The molecule has 1 unspecified atom stereocenters. The van der Waals surface area contributed by atoms with Crippen LogP contribution >= 0.6 is 0 Å². The van der Waals surface area contributed by atoms with Crippen LogP contribution < -0.4 is 10.2 Å². The molecule has 1 aliphatic heterocycles. The average Bonchev–Trinajstić information content (AvgIpc) is 2.86. The normalized spacial score (nSPS) is 16.5. The molecule has 0 bridgehead atoms. The minimum atomic E-state index is -0.701. The molecule has 1 fully saturated rings. The lowest BCUT2D eigenvalue weighted by molar-refractivity contribution is -0.130. The highest BCUT2D eigenvalue weighted by atomic mass is 16.2. The van der Waals surface area contributed by atoms with Gasteiger partial charge in [-0.3, -0.25) is 24.2 Å². The van der Waals surface area contributed by atoms with Crippen LogP contribution in [0.1, 0.15) is 29.8 Å². The molecule has 144 valence electrons. The lowest BCUT2D eigenvalue weighted by Crippen LogP contribution is -2.39. The first-order valence-electron chi connectivity index (χ1n) is 8.90. The fourth-order valence-electron chi connectivity index (χ4n) is 3.14. The van der Waals surface area contributed by atoms with E-state index in [-0.39, 0.29) is 5.78 Å². The number of rotatable bonds is 5. The summed E-state index contributed by atoms with van der Waals surface area (Å²) in [6.07, 6.45) is 0. The number of ketones is 1. The van der Waals surface area contributed by atoms with Crippen LogP contribution in [0.15, 0.2) is 48.5 Å². The van der Waals surface area contributed by atoms with Crippen LogP contribution in [0.3, 0.4) is 0 Å². The monoisotopic (exact) mass is 379 g/mol. The largest absolute Gasteiger partial charge is 0.332 e. The second-order valence-corrected chi connectivity index (χ2v) is 6.74. The Labute approximate surface area is 162 Å². The Balaban J connectivity index is 1.76. The van der Waals surface area contributed by atoms with E-state index >= 15 is 0 Å². The van der Waals surface area contributed by atoms with Crippen LogP contribution in [0.4, 0.5) is 16.2 Å². The van der Waals surface area contributed by atoms with E-state index in [1.807, 2.05) is 19.1 Å². The van der Waals surface area contributed by atoms with E-state index in [9.17, 15) is 19.2 Å². The molecular weight excluding hydrogens is 358 g/mol. The van der Waals surface area contributed by atoms with Gasteiger partial charge in [-0.25, -0.2) is 4.79 Å². The zero-order chi connectivity index (χ0) is 20.4. The Morgan fingerprint density at radius 1 is 1.04 bits per heavy atom. The number of benzene rings is 2. The van der Waals surface area contributed by atoms with Crippen LogP contribution in [0.25, 0.3) is 0 Å². The molecule has 0 radical (unpaired) electrons. The Bertz CT molecular complexity index is 952. The van der Waals surface area contributed by atoms with Crippen LogP contribution in [0, 0.1) is 6.92 Å². The highest BCUT2D eigenvalue weighted by molar-refractivity contribution is 6.16. The summed E-state index contributed by atoms with van der Waals surface area (Å²) in [5.41, 5.74) is 2.35. The quantitative estimate of drug-likeness (QED) is 0.639. The summed E-state index contributed by atoms with van der Waals surface area (Å²) in [4.78, 5) is 51.8. The topological polar surface area (TPSA) is 86.8 Å². The number of nitrogens with zero attached hydrogens (tertiary/aromatic N) is 2. The predicted octanol–water partition coefficient (Wildman–Crippen LogP) is 2.99. The fraction of sp³-hybridized carbons (Fsp3) is 0.238. The fourth-order valence-corrected chi connectivity index (χ4v) is 3.14. The summed E-state index contributed by atoms with van der Waals surface area (Å²) in [6.45, 7) is 4.54. The number of aryl methyl sites for hydroxylation is 1. The van der Waals surface area contributed by atoms with Crippen LogP contribution in [0.5, 0.6) is 0 Å². The molecule has 0 aromatic heterocycles. The van der Waals surface area contributed by atoms with Crippen LogP contribution in [-0.2, 0) is 9.59 Å². The summed E-state index contributed by atoms with van der Waals surface area (Å²) >= 11 is 0. The summed E-state index contributed by atoms with van der Waals surface area (Å²) in [7, 11) is 0. The highest BCUT2D eigenvalue weighted by Crippen LogP contribution is 2.26. The summed E-state index contributed by atoms with van der Waals surface area (Å²) in [6, 6.07) is 12.6. The SMILES string of the molecule is CC(=O)c1ccccc1NC(=O)CN1C(=O)C(C)N(c2ccc(C)cc2)C1=O. The second kappa shape index (κ2) is 7.64. The van der Waals surface area contributed by atoms with E-state index in [1.54, 1.807) is 43.3 Å². The predicted molar refractivity (Wildman–Crippen MR) is 105 cm³/mol. The van der Waals surface area contributed by atoms with Crippen molar-refractivity contribution in [2.45, 2.75) is 26.8 Å². The average molecular weight is 379 g/mol. The molecule has 0 spiro atoms. The zero-order valence-electron chi connectivity index (χ0n) is 15.9. The van der Waals surface area contributed by atoms with E-state index < -0.39 is 30.4 Å². The molecule has 7 nitrogen and oxygen atoms in total. The third kappa shape index (κ3) is 3.64. The van der Waals surface area contributed by atoms with Gasteiger partial charge in [0, 0.05) is 11.3 Å². The van der Waals surface area contributed by atoms with Crippen LogP contribution in [-0.4, -0.2) is 41.1 Å². The van der Waals surface area contributed by atoms with Crippen LogP contribution in [0.2, 0.25) is 0 Å². The van der Waals surface area contributed by atoms with Crippen molar-refractivity contribution in [3.8, 4) is 0 Å². The number of para-hydroxylation sites is 1. The van der Waals surface area contributed by atoms with Crippen molar-refractivity contribution >= 4 is 35.0 Å². The van der Waals surface area contributed by atoms with Gasteiger partial charge in [-0.2, -0.15) is 0 Å². The molecule has 1 atom stereocenters. The molecule has 2 aromatic rings. The van der Waals surface area contributed by atoms with Gasteiger partial charge in [-0.15, -0.1) is 0 Å². The third-order valence-corrected chi connectivity index (χ3v) is 4.64. The lowest BCUT2D eigenvalue weighted by Gasteiger charge is -2.19. The Morgan fingerprint density at radius 2 is 1.68 bits per heavy atom. The molecule has 0 saturated carbocycles. The van der Waals surface area contributed by atoms with E-state index in [1.165, 1.54) is 11.8 Å². The van der Waals surface area contributed by atoms with Crippen molar-refractivity contribution < 1.29 is 19.2 Å². The first-order chi connectivity index (χ1) is 13.3. The maximum Gasteiger partial charge on any atom is 0.332 e. The summed E-state index contributed by atoms with van der Waals surface area (Å²) in [5.74, 6) is -1.18. The Hall–Kier alpha value is -3.48. The molecule has 1 N–H and O–H groups in total. The van der Waals surface area contributed by atoms with Gasteiger partial charge < -0.3 is 5.32 Å². The van der Waals surface area contributed by atoms with Crippen molar-refractivity contribution in [3.63, 3.8) is 0 Å². The number of imide groups is 1. The molecular formula is C21H21N3O4. The molecule has 1 saturated heterocycles. The number of hydrogen-bond acceptors (Lipinski definition) is 4. The minimum absolute atomic E-state index is 0.191. The molecule has 1 heterocycles. The number of nitrogens with one attached hydrogen (secondary N) is 1. The molecule has 7 heteroatoms. The van der Waals surface area contributed by atoms with Gasteiger partial charge in [0.05, 0.1) is 5.69 Å². The molecule has 28 heavy (non-hydrogen) atoms. The summed E-state index contributed by atoms with van der Waals surface area (Å²) in [5, 5.41) is 2.61. The molecule has 1 aliphatic rings. The first kappa shape index (κ1) is 19.3. The Kier molecular flexibility index (Phi) is 5.26. The van der Waals surface area contributed by atoms with Gasteiger partial charge in [-0.05, 0) is 45.0 Å². The minimum Gasteiger partial charge on any atom is -0.324 e.